The van der Waals surface area contributed by atoms with Crippen molar-refractivity contribution in [2.75, 3.05) is 0 Å². The SMILES string of the molecule is FC(F)(F)C(F)(F)C(F)(F)C(F)(F)C(F)(F)C(F)(F)CCc1ccc([PH+](c2ccccc2)c2ccc(CCC(F)(F)C(F)(F)C(F)(F)C(F)(F)C(F)(F)C(F)(F)F)cc2)cc1.FC(F)(F)C(F)(F)C(F)(F)C(F)(F)C(F)(F)C(F)(F)CCc1ccc([PH+](c2ccccc2)c2ccc(CCC(F)(F)C(F)(F)C(F)(F)C(F)(F)C(F)(F)C(F)(F)F)cc2)cc1.[Pt]. The van der Waals surface area contributed by atoms with E-state index >= 15 is 0 Å². The first kappa shape index (κ1) is 109. The van der Waals surface area contributed by atoms with E-state index in [1.54, 1.807) is 0 Å². The molecule has 0 aliphatic carbocycles. The fourth-order valence-corrected chi connectivity index (χ4v) is 15.7. The Balaban J connectivity index is 0.000000512. The van der Waals surface area contributed by atoms with Crippen molar-refractivity contribution >= 4 is 47.7 Å². The molecule has 6 rings (SSSR count). The molecule has 0 spiro atoms. The summed E-state index contributed by atoms with van der Waals surface area (Å²) < 4.78 is 700. The van der Waals surface area contributed by atoms with E-state index in [2.05, 4.69) is 0 Å². The zero-order chi connectivity index (χ0) is 95.0. The molecule has 0 aliphatic heterocycles. The van der Waals surface area contributed by atoms with Gasteiger partial charge in [0.25, 0.3) is 0 Å². The summed E-state index contributed by atoms with van der Waals surface area (Å²) in [6.45, 7) is 0. The molecular weight excluding hydrogens is 2060 g/mol. The molecule has 0 N–H and O–H groups in total. The van der Waals surface area contributed by atoms with Gasteiger partial charge in [0.15, 0.2) is 0 Å². The van der Waals surface area contributed by atoms with Gasteiger partial charge in [0.05, 0.1) is 15.8 Å². The third-order valence-electron chi connectivity index (χ3n) is 18.0. The van der Waals surface area contributed by atoms with E-state index in [0.717, 1.165) is 97.1 Å². The van der Waals surface area contributed by atoms with Gasteiger partial charge >= 0.3 is 143 Å². The second-order valence-corrected chi connectivity index (χ2v) is 31.2. The van der Waals surface area contributed by atoms with Crippen molar-refractivity contribution in [1.29, 1.82) is 0 Å². The molecule has 0 radical (unpaired) electrons. The van der Waals surface area contributed by atoms with Crippen molar-refractivity contribution < 1.29 is 249 Å². The van der Waals surface area contributed by atoms with Crippen LogP contribution >= 0.6 is 15.8 Å². The number of rotatable bonds is 34. The van der Waals surface area contributed by atoms with Crippen molar-refractivity contribution in [3.63, 3.8) is 0 Å². The molecule has 6 aromatic carbocycles. The summed E-state index contributed by atoms with van der Waals surface area (Å²) in [6, 6.07) is 30.5. The van der Waals surface area contributed by atoms with Crippen molar-refractivity contribution in [2.45, 2.75) is 195 Å². The molecule has 6 aromatic rings. The summed E-state index contributed by atoms with van der Waals surface area (Å²) in [5.74, 6) is -151. The smallest absolute Gasteiger partial charge is 0.200 e. The van der Waals surface area contributed by atoms with Gasteiger partial charge in [0.2, 0.25) is 0 Å². The van der Waals surface area contributed by atoms with Crippen LogP contribution in [0.3, 0.4) is 0 Å². The minimum atomic E-state index is -8.08. The fraction of sp³-hybridized carbons (Fsp3) is 0.471. The number of benzene rings is 6. The van der Waals surface area contributed by atoms with Crippen LogP contribution in [0.1, 0.15) is 47.9 Å². The van der Waals surface area contributed by atoms with Gasteiger partial charge in [0.1, 0.15) is 31.8 Å². The first-order valence-electron chi connectivity index (χ1n) is 32.3. The minimum Gasteiger partial charge on any atom is -0.200 e. The number of hydrogen-bond donors (Lipinski definition) is 0. The number of hydrogen-bond acceptors (Lipinski definition) is 0. The zero-order valence-corrected chi connectivity index (χ0v) is 62.9. The van der Waals surface area contributed by atoms with E-state index in [1.807, 2.05) is 0 Å². The largest absolute Gasteiger partial charge is 0.460 e. The maximum Gasteiger partial charge on any atom is 0.460 e. The molecule has 0 nitrogen and oxygen atoms in total. The van der Waals surface area contributed by atoms with Gasteiger partial charge in [0, 0.05) is 46.7 Å². The van der Waals surface area contributed by atoms with E-state index in [-0.39, 0.29) is 42.3 Å². The maximum atomic E-state index is 14.3. The number of aryl methyl sites for hydroxylation is 4. The Morgan fingerprint density at radius 1 is 0.146 bits per heavy atom. The Hall–Kier alpha value is -6.77. The van der Waals surface area contributed by atoms with Crippen molar-refractivity contribution in [3.8, 4) is 0 Å². The first-order valence-corrected chi connectivity index (χ1v) is 35.3. The van der Waals surface area contributed by atoms with Crippen molar-refractivity contribution in [3.05, 3.63) is 180 Å². The van der Waals surface area contributed by atoms with Gasteiger partial charge in [-0.05, 0) is 121 Å². The summed E-state index contributed by atoms with van der Waals surface area (Å²) in [6.07, 6.45) is -46.1. The summed E-state index contributed by atoms with van der Waals surface area (Å²) in [4.78, 5) is 0. The molecule has 0 atom stereocenters. The predicted molar refractivity (Wildman–Crippen MR) is 330 cm³/mol. The quantitative estimate of drug-likeness (QED) is 0.0279. The predicted octanol–water partition coefficient (Wildman–Crippen LogP) is 25.0. The van der Waals surface area contributed by atoms with E-state index in [0.29, 0.717) is 10.6 Å². The topological polar surface area (TPSA) is 0 Å². The molecule has 123 heavy (non-hydrogen) atoms. The van der Waals surface area contributed by atoms with E-state index < -0.39 is 233 Å². The Kier molecular flexibility index (Phi) is 30.9. The Morgan fingerprint density at radius 2 is 0.268 bits per heavy atom. The summed E-state index contributed by atoms with van der Waals surface area (Å²) in [5, 5.41) is 1.65. The van der Waals surface area contributed by atoms with Crippen LogP contribution in [-0.2, 0) is 46.7 Å². The molecule has 0 aliphatic rings. The molecule has 0 saturated heterocycles. The molecule has 0 amide bonds. The fourth-order valence-electron chi connectivity index (χ4n) is 10.6. The van der Waals surface area contributed by atoms with Gasteiger partial charge in [-0.1, -0.05) is 84.9 Å². The minimum absolute atomic E-state index is 0. The Morgan fingerprint density at radius 3 is 0.398 bits per heavy atom. The van der Waals surface area contributed by atoms with Crippen LogP contribution in [0.4, 0.5) is 228 Å². The molecule has 0 bridgehead atoms. The van der Waals surface area contributed by atoms with Crippen LogP contribution in [-0.4, -0.2) is 143 Å². The van der Waals surface area contributed by atoms with Crippen molar-refractivity contribution in [1.82, 2.24) is 0 Å². The summed E-state index contributed by atoms with van der Waals surface area (Å²) in [7, 11) is -4.78. The number of halogens is 52. The molecule has 698 valence electrons. The number of alkyl halides is 52. The Bertz CT molecular complexity index is 3910. The van der Waals surface area contributed by atoms with Gasteiger partial charge in [-0.15, -0.1) is 0 Å². The van der Waals surface area contributed by atoms with Gasteiger partial charge in [-0.25, -0.2) is 0 Å². The average Bonchev–Trinajstić information content (AvgIpc) is 0.725. The second kappa shape index (κ2) is 35.0. The van der Waals surface area contributed by atoms with Crippen molar-refractivity contribution in [2.24, 2.45) is 0 Å². The van der Waals surface area contributed by atoms with Gasteiger partial charge in [-0.2, -0.15) is 228 Å². The molecular formula is C68H44F52P2Pt+2. The summed E-state index contributed by atoms with van der Waals surface area (Å²) in [5.41, 5.74) is -1.82. The van der Waals surface area contributed by atoms with Crippen LogP contribution in [0.15, 0.2) is 158 Å². The standard InChI is InChI=1S/2C34H21F26P.Pt/c2*35-23(36,25(39,40)27(43,44)29(47,48)31(51,52)33(55,56)57)16-14-18-6-10-21(11-7-18)61(20-4-2-1-3-5-20)22-12-8-19(9-13-22)15-17-24(37,38)26(41,42)28(45,46)30(49,50)32(53,54)34(58,59)60;/h2*1-13H,14-17H2;/p+2. The van der Waals surface area contributed by atoms with Crippen LogP contribution in [0.25, 0.3) is 0 Å². The zero-order valence-electron chi connectivity index (χ0n) is 58.6. The molecule has 55 heteroatoms. The normalized spacial score (nSPS) is 15.0. The van der Waals surface area contributed by atoms with E-state index in [1.165, 1.54) is 60.7 Å². The molecule has 0 heterocycles. The van der Waals surface area contributed by atoms with Crippen LogP contribution in [0.5, 0.6) is 0 Å². The monoisotopic (exact) mass is 2110 g/mol. The molecule has 0 saturated carbocycles. The van der Waals surface area contributed by atoms with E-state index in [9.17, 15) is 228 Å². The van der Waals surface area contributed by atoms with E-state index in [4.69, 9.17) is 0 Å². The van der Waals surface area contributed by atoms with Gasteiger partial charge < -0.3 is 0 Å². The second-order valence-electron chi connectivity index (χ2n) is 26.3. The van der Waals surface area contributed by atoms with Crippen LogP contribution < -0.4 is 31.8 Å². The summed E-state index contributed by atoms with van der Waals surface area (Å²) >= 11 is 0. The van der Waals surface area contributed by atoms with Crippen LogP contribution in [0, 0.1) is 0 Å². The molecule has 0 aromatic heterocycles. The molecule has 0 fully saturated rings. The maximum absolute atomic E-state index is 14.3. The Labute approximate surface area is 669 Å². The first-order chi connectivity index (χ1) is 54.2. The van der Waals surface area contributed by atoms with Gasteiger partial charge in [-0.3, -0.25) is 0 Å². The molecule has 0 unspecified atom stereocenters. The van der Waals surface area contributed by atoms with Crippen LogP contribution in [0.2, 0.25) is 0 Å². The third-order valence-corrected chi connectivity index (χ3v) is 23.5. The average molecular weight is 2110 g/mol. The third kappa shape index (κ3) is 19.2.